The van der Waals surface area contributed by atoms with Crippen molar-refractivity contribution < 1.29 is 28.4 Å². The van der Waals surface area contributed by atoms with Gasteiger partial charge in [-0.2, -0.15) is 0 Å². The van der Waals surface area contributed by atoms with E-state index in [9.17, 15) is 0 Å². The van der Waals surface area contributed by atoms with Gasteiger partial charge in [0.1, 0.15) is 17.2 Å². The fraction of sp³-hybridized carbons (Fsp3) is 0.308. The van der Waals surface area contributed by atoms with E-state index in [4.69, 9.17) is 28.4 Å². The van der Waals surface area contributed by atoms with Crippen LogP contribution in [0.15, 0.2) is 220 Å². The fourth-order valence-corrected chi connectivity index (χ4v) is 11.7. The quantitative estimate of drug-likeness (QED) is 0.0534. The number of hydrogen-bond acceptors (Lipinski definition) is 9. The lowest BCUT2D eigenvalue weighted by Gasteiger charge is -2.33. The average Bonchev–Trinajstić information content (AvgIpc) is 1.01. The van der Waals surface area contributed by atoms with E-state index in [1.54, 1.807) is 0 Å². The standard InChI is InChI=1S/C26H27Br2NO2.C26H29NO2.C14H21BrO.C12H9NO/c1-2-3-4-5-6-7-16-30-22-12-10-21(11-13-22)29-23-14-8-19(27)17-25(23)31-26-18-20(28)9-15-24(26)29;1-2-3-4-5-6-11-20-28-22-18-16-21(17-19-22)27-23-12-7-9-14-25(23)29-26-15-10-8-13-24(26)27;1-2-3-4-5-6-7-12-16-14-10-8-13(15)9-11-14;1-3-7-11-9(5-1)13-10-6-2-4-8-12(10)14-11/h8-15,17-18H,2-7,16H2,1H3;7-10,12-19H,2-6,11,20H2,1H3;8-11H,2-7,12H2,1H3;1-8,13H. The average molecular weight is 1400 g/mol. The van der Waals surface area contributed by atoms with Crippen molar-refractivity contribution in [2.24, 2.45) is 0 Å². The molecule has 0 aromatic heterocycles. The highest BCUT2D eigenvalue weighted by Gasteiger charge is 2.27. The zero-order chi connectivity index (χ0) is 62.5. The van der Waals surface area contributed by atoms with Crippen LogP contribution in [0.5, 0.6) is 51.7 Å². The second kappa shape index (κ2) is 36.5. The first kappa shape index (κ1) is 67.0. The molecular weight excluding hydrogens is 1310 g/mol. The molecule has 470 valence electrons. The number of halogens is 3. The van der Waals surface area contributed by atoms with Gasteiger partial charge in [0.05, 0.1) is 53.9 Å². The van der Waals surface area contributed by atoms with Crippen molar-refractivity contribution >= 4 is 93.3 Å². The van der Waals surface area contributed by atoms with E-state index >= 15 is 0 Å². The molecule has 3 aliphatic rings. The maximum atomic E-state index is 6.19. The summed E-state index contributed by atoms with van der Waals surface area (Å²) in [6.07, 6.45) is 23.1. The number of rotatable bonds is 26. The van der Waals surface area contributed by atoms with Gasteiger partial charge < -0.3 is 43.5 Å². The Morgan fingerprint density at radius 1 is 0.300 bits per heavy atom. The molecule has 9 nitrogen and oxygen atoms in total. The lowest BCUT2D eigenvalue weighted by Crippen LogP contribution is -2.15. The summed E-state index contributed by atoms with van der Waals surface area (Å²) < 4.78 is 38.6. The molecule has 0 spiro atoms. The van der Waals surface area contributed by atoms with Crippen LogP contribution in [0.4, 0.5) is 45.5 Å². The van der Waals surface area contributed by atoms with Crippen LogP contribution in [0.3, 0.4) is 0 Å². The molecule has 9 aromatic carbocycles. The maximum absolute atomic E-state index is 6.19. The van der Waals surface area contributed by atoms with E-state index in [0.29, 0.717) is 0 Å². The summed E-state index contributed by atoms with van der Waals surface area (Å²) in [6.45, 7) is 9.15. The number of hydrogen-bond donors (Lipinski definition) is 1. The molecule has 0 bridgehead atoms. The highest BCUT2D eigenvalue weighted by atomic mass is 79.9. The minimum Gasteiger partial charge on any atom is -0.494 e. The highest BCUT2D eigenvalue weighted by Crippen LogP contribution is 2.53. The van der Waals surface area contributed by atoms with Crippen LogP contribution in [0.25, 0.3) is 0 Å². The SMILES string of the molecule is CCCCCCCCOc1ccc(Br)cc1.CCCCCCCCOc1ccc(N2c3ccc(Br)cc3Oc3cc(Br)ccc32)cc1.CCCCCCCCOc1ccc(N2c3ccccc3Oc3ccccc32)cc1.c1ccc2c(c1)Nc1ccccc1O2. The Balaban J connectivity index is 0.000000150. The van der Waals surface area contributed by atoms with Gasteiger partial charge in [-0.3, -0.25) is 0 Å². The van der Waals surface area contributed by atoms with Crippen LogP contribution in [-0.4, -0.2) is 19.8 Å². The lowest BCUT2D eigenvalue weighted by molar-refractivity contribution is 0.304. The topological polar surface area (TPSA) is 73.9 Å². The third-order valence-corrected chi connectivity index (χ3v) is 17.1. The summed E-state index contributed by atoms with van der Waals surface area (Å²) in [6, 6.07) is 69.1. The molecule has 0 saturated heterocycles. The first-order valence-electron chi connectivity index (χ1n) is 32.5. The molecule has 0 amide bonds. The minimum absolute atomic E-state index is 0.775. The van der Waals surface area contributed by atoms with Crippen molar-refractivity contribution in [3.8, 4) is 51.7 Å². The summed E-state index contributed by atoms with van der Waals surface area (Å²) >= 11 is 10.5. The van der Waals surface area contributed by atoms with Crippen LogP contribution < -0.4 is 43.5 Å². The summed E-state index contributed by atoms with van der Waals surface area (Å²) in [5.41, 5.74) is 8.33. The molecular formula is C78H86Br3N3O6. The summed E-state index contributed by atoms with van der Waals surface area (Å²) in [7, 11) is 0. The molecule has 0 radical (unpaired) electrons. The number of ether oxygens (including phenoxy) is 6. The van der Waals surface area contributed by atoms with Gasteiger partial charge in [0.25, 0.3) is 0 Å². The number of anilines is 8. The van der Waals surface area contributed by atoms with Gasteiger partial charge in [-0.15, -0.1) is 0 Å². The van der Waals surface area contributed by atoms with Crippen molar-refractivity contribution in [1.29, 1.82) is 0 Å². The molecule has 0 atom stereocenters. The predicted octanol–water partition coefficient (Wildman–Crippen LogP) is 26.3. The number of para-hydroxylation sites is 8. The molecule has 0 fully saturated rings. The van der Waals surface area contributed by atoms with Crippen molar-refractivity contribution in [2.45, 2.75) is 136 Å². The van der Waals surface area contributed by atoms with Crippen molar-refractivity contribution in [2.75, 3.05) is 34.9 Å². The van der Waals surface area contributed by atoms with E-state index in [0.717, 1.165) is 143 Å². The third kappa shape index (κ3) is 20.1. The molecule has 1 N–H and O–H groups in total. The van der Waals surface area contributed by atoms with E-state index in [-0.39, 0.29) is 0 Å². The van der Waals surface area contributed by atoms with E-state index in [1.165, 1.54) is 103 Å². The molecule has 0 unspecified atom stereocenters. The molecule has 9 aromatic rings. The van der Waals surface area contributed by atoms with Crippen LogP contribution in [0, 0.1) is 0 Å². The molecule has 90 heavy (non-hydrogen) atoms. The van der Waals surface area contributed by atoms with E-state index in [2.05, 4.69) is 156 Å². The predicted molar refractivity (Wildman–Crippen MR) is 385 cm³/mol. The molecule has 0 aliphatic carbocycles. The first-order valence-corrected chi connectivity index (χ1v) is 34.9. The Morgan fingerprint density at radius 3 is 1.00 bits per heavy atom. The summed E-state index contributed by atoms with van der Waals surface area (Å²) in [4.78, 5) is 4.47. The number of benzene rings is 9. The van der Waals surface area contributed by atoms with Gasteiger partial charge in [-0.25, -0.2) is 0 Å². The van der Waals surface area contributed by atoms with Gasteiger partial charge in [0, 0.05) is 24.8 Å². The molecule has 3 aliphatic heterocycles. The van der Waals surface area contributed by atoms with Gasteiger partial charge in [-0.05, 0) is 177 Å². The van der Waals surface area contributed by atoms with E-state index in [1.807, 2.05) is 133 Å². The Hall–Kier alpha value is -7.38. The smallest absolute Gasteiger partial charge is 0.152 e. The van der Waals surface area contributed by atoms with Gasteiger partial charge in [0.15, 0.2) is 34.5 Å². The number of nitrogens with zero attached hydrogens (tertiary/aromatic N) is 2. The largest absolute Gasteiger partial charge is 0.494 e. The van der Waals surface area contributed by atoms with Gasteiger partial charge in [-0.1, -0.05) is 213 Å². The van der Waals surface area contributed by atoms with Crippen molar-refractivity contribution in [3.63, 3.8) is 0 Å². The molecule has 0 saturated carbocycles. The number of nitrogens with one attached hydrogen (secondary N) is 1. The van der Waals surface area contributed by atoms with Crippen molar-refractivity contribution in [3.05, 3.63) is 220 Å². The van der Waals surface area contributed by atoms with Crippen molar-refractivity contribution in [1.82, 2.24) is 0 Å². The second-order valence-corrected chi connectivity index (χ2v) is 25.3. The third-order valence-electron chi connectivity index (χ3n) is 15.5. The number of unbranched alkanes of at least 4 members (excludes halogenated alkanes) is 15. The van der Waals surface area contributed by atoms with Gasteiger partial charge in [0.2, 0.25) is 0 Å². The Bertz CT molecular complexity index is 3400. The number of fused-ring (bicyclic) bond motifs is 6. The zero-order valence-corrected chi connectivity index (χ0v) is 57.2. The minimum atomic E-state index is 0.775. The fourth-order valence-electron chi connectivity index (χ4n) is 10.7. The zero-order valence-electron chi connectivity index (χ0n) is 52.5. The molecule has 3 heterocycles. The maximum Gasteiger partial charge on any atom is 0.152 e. The second-order valence-electron chi connectivity index (χ2n) is 22.5. The Labute approximate surface area is 560 Å². The monoisotopic (exact) mass is 1400 g/mol. The lowest BCUT2D eigenvalue weighted by atomic mass is 10.1. The Kier molecular flexibility index (Phi) is 27.2. The molecule has 12 rings (SSSR count). The summed E-state index contributed by atoms with van der Waals surface area (Å²) in [5, 5.41) is 3.32. The molecule has 12 heteroatoms. The highest BCUT2D eigenvalue weighted by molar-refractivity contribution is 9.11. The van der Waals surface area contributed by atoms with Crippen LogP contribution in [-0.2, 0) is 0 Å². The normalized spacial score (nSPS) is 11.8. The summed E-state index contributed by atoms with van der Waals surface area (Å²) in [5.74, 6) is 7.96. The first-order chi connectivity index (χ1) is 44.3. The van der Waals surface area contributed by atoms with Crippen LogP contribution >= 0.6 is 47.8 Å². The van der Waals surface area contributed by atoms with E-state index < -0.39 is 0 Å². The Morgan fingerprint density at radius 2 is 0.600 bits per heavy atom. The van der Waals surface area contributed by atoms with Crippen LogP contribution in [0.1, 0.15) is 136 Å². The van der Waals surface area contributed by atoms with Crippen LogP contribution in [0.2, 0.25) is 0 Å². The van der Waals surface area contributed by atoms with Gasteiger partial charge >= 0.3 is 0 Å².